The van der Waals surface area contributed by atoms with Crippen molar-refractivity contribution in [2.75, 3.05) is 0 Å². The second kappa shape index (κ2) is 8.54. The van der Waals surface area contributed by atoms with Gasteiger partial charge in [0.1, 0.15) is 5.60 Å². The largest absolute Gasteiger partial charge is 0.460 e. The molecule has 0 saturated heterocycles. The quantitative estimate of drug-likeness (QED) is 0.432. The van der Waals surface area contributed by atoms with E-state index in [1.165, 1.54) is 39.0 Å². The van der Waals surface area contributed by atoms with E-state index < -0.39 is 0 Å². The smallest absolute Gasteiger partial charge is 0.303 e. The maximum Gasteiger partial charge on any atom is 0.303 e. The molecule has 0 rings (SSSR count). The average Bonchev–Trinajstić information content (AvgIpc) is 2.20. The van der Waals surface area contributed by atoms with Crippen molar-refractivity contribution in [2.45, 2.75) is 85.2 Å². The summed E-state index contributed by atoms with van der Waals surface area (Å²) in [4.78, 5) is 10.9. The molecule has 0 spiro atoms. The van der Waals surface area contributed by atoms with Crippen LogP contribution in [0.2, 0.25) is 0 Å². The van der Waals surface area contributed by atoms with Gasteiger partial charge >= 0.3 is 5.97 Å². The highest BCUT2D eigenvalue weighted by molar-refractivity contribution is 5.66. The Morgan fingerprint density at radius 2 is 1.76 bits per heavy atom. The van der Waals surface area contributed by atoms with Gasteiger partial charge in [-0.05, 0) is 32.6 Å². The van der Waals surface area contributed by atoms with Gasteiger partial charge in [0, 0.05) is 6.92 Å². The van der Waals surface area contributed by atoms with Gasteiger partial charge in [0.15, 0.2) is 0 Å². The number of carbonyl (C=O) groups is 1. The number of hydrogen-bond donors (Lipinski definition) is 0. The van der Waals surface area contributed by atoms with Crippen molar-refractivity contribution in [3.8, 4) is 0 Å². The summed E-state index contributed by atoms with van der Waals surface area (Å²) in [6.07, 6.45) is 8.66. The molecule has 0 N–H and O–H groups in total. The SMILES string of the molecule is CCC(C)CCCCCCC(C)(C)OC(C)=O. The van der Waals surface area contributed by atoms with E-state index in [-0.39, 0.29) is 11.6 Å². The number of ether oxygens (including phenoxy) is 1. The summed E-state index contributed by atoms with van der Waals surface area (Å²) in [7, 11) is 0. The third kappa shape index (κ3) is 10.3. The number of carbonyl (C=O) groups excluding carboxylic acids is 1. The van der Waals surface area contributed by atoms with Crippen LogP contribution in [0.1, 0.15) is 79.6 Å². The molecule has 0 heterocycles. The molecule has 2 heteroatoms. The van der Waals surface area contributed by atoms with Gasteiger partial charge in [0.05, 0.1) is 0 Å². The van der Waals surface area contributed by atoms with E-state index in [1.807, 2.05) is 13.8 Å². The Morgan fingerprint density at radius 1 is 1.18 bits per heavy atom. The van der Waals surface area contributed by atoms with E-state index in [0.29, 0.717) is 0 Å². The molecule has 0 radical (unpaired) electrons. The summed E-state index contributed by atoms with van der Waals surface area (Å²) in [6.45, 7) is 10.0. The third-order valence-electron chi connectivity index (χ3n) is 3.34. The third-order valence-corrected chi connectivity index (χ3v) is 3.34. The highest BCUT2D eigenvalue weighted by atomic mass is 16.6. The Morgan fingerprint density at radius 3 is 2.29 bits per heavy atom. The fourth-order valence-electron chi connectivity index (χ4n) is 2.04. The Kier molecular flexibility index (Phi) is 8.28. The minimum atomic E-state index is -0.289. The van der Waals surface area contributed by atoms with Crippen molar-refractivity contribution in [2.24, 2.45) is 5.92 Å². The molecule has 1 unspecified atom stereocenters. The zero-order chi connectivity index (χ0) is 13.3. The highest BCUT2D eigenvalue weighted by Gasteiger charge is 2.19. The lowest BCUT2D eigenvalue weighted by Gasteiger charge is -2.24. The normalized spacial score (nSPS) is 13.5. The fraction of sp³-hybridized carbons (Fsp3) is 0.933. The van der Waals surface area contributed by atoms with Crippen molar-refractivity contribution in [1.82, 2.24) is 0 Å². The van der Waals surface area contributed by atoms with Crippen molar-refractivity contribution in [3.05, 3.63) is 0 Å². The monoisotopic (exact) mass is 242 g/mol. The van der Waals surface area contributed by atoms with Gasteiger partial charge in [-0.25, -0.2) is 0 Å². The van der Waals surface area contributed by atoms with E-state index in [0.717, 1.165) is 18.8 Å². The standard InChI is InChI=1S/C15H30O2/c1-6-13(2)11-9-7-8-10-12-15(4,5)17-14(3)16/h13H,6-12H2,1-5H3. The summed E-state index contributed by atoms with van der Waals surface area (Å²) in [5, 5.41) is 0. The van der Waals surface area contributed by atoms with Gasteiger partial charge in [-0.1, -0.05) is 46.0 Å². The van der Waals surface area contributed by atoms with Gasteiger partial charge in [-0.3, -0.25) is 4.79 Å². The van der Waals surface area contributed by atoms with Crippen molar-refractivity contribution in [3.63, 3.8) is 0 Å². The second-order valence-electron chi connectivity index (χ2n) is 5.82. The summed E-state index contributed by atoms with van der Waals surface area (Å²) < 4.78 is 5.26. The zero-order valence-corrected chi connectivity index (χ0v) is 12.3. The van der Waals surface area contributed by atoms with E-state index >= 15 is 0 Å². The molecule has 0 bridgehead atoms. The molecule has 0 aromatic rings. The molecule has 0 aromatic carbocycles. The van der Waals surface area contributed by atoms with Crippen LogP contribution in [0.4, 0.5) is 0 Å². The lowest BCUT2D eigenvalue weighted by molar-refractivity contribution is -0.154. The molecule has 17 heavy (non-hydrogen) atoms. The number of rotatable bonds is 9. The van der Waals surface area contributed by atoms with Gasteiger partial charge in [0.25, 0.3) is 0 Å². The number of esters is 1. The van der Waals surface area contributed by atoms with Crippen LogP contribution < -0.4 is 0 Å². The molecular formula is C15H30O2. The highest BCUT2D eigenvalue weighted by Crippen LogP contribution is 2.20. The molecular weight excluding hydrogens is 212 g/mol. The van der Waals surface area contributed by atoms with E-state index in [2.05, 4.69) is 13.8 Å². The number of unbranched alkanes of at least 4 members (excludes halogenated alkanes) is 3. The van der Waals surface area contributed by atoms with Crippen LogP contribution in [0.3, 0.4) is 0 Å². The average molecular weight is 242 g/mol. The summed E-state index contributed by atoms with van der Waals surface area (Å²) >= 11 is 0. The molecule has 0 amide bonds. The first-order valence-electron chi connectivity index (χ1n) is 7.07. The van der Waals surface area contributed by atoms with E-state index in [4.69, 9.17) is 4.74 Å². The predicted octanol–water partition coefficient (Wildman–Crippen LogP) is 4.71. The van der Waals surface area contributed by atoms with Crippen LogP contribution in [-0.2, 0) is 9.53 Å². The summed E-state index contributed by atoms with van der Waals surface area (Å²) in [5.41, 5.74) is -0.289. The number of hydrogen-bond acceptors (Lipinski definition) is 2. The Labute approximate surface area is 107 Å². The Bertz CT molecular complexity index is 209. The Hall–Kier alpha value is -0.530. The zero-order valence-electron chi connectivity index (χ0n) is 12.3. The summed E-state index contributed by atoms with van der Waals surface area (Å²) in [5.74, 6) is 0.694. The minimum absolute atomic E-state index is 0.174. The predicted molar refractivity (Wildman–Crippen MR) is 73.0 cm³/mol. The lowest BCUT2D eigenvalue weighted by atomic mass is 9.97. The van der Waals surface area contributed by atoms with Gasteiger partial charge in [-0.2, -0.15) is 0 Å². The van der Waals surface area contributed by atoms with Crippen molar-refractivity contribution in [1.29, 1.82) is 0 Å². The first-order valence-corrected chi connectivity index (χ1v) is 7.07. The van der Waals surface area contributed by atoms with E-state index in [1.54, 1.807) is 0 Å². The first-order chi connectivity index (χ1) is 7.87. The molecule has 102 valence electrons. The molecule has 1 atom stereocenters. The maximum atomic E-state index is 10.9. The van der Waals surface area contributed by atoms with Crippen LogP contribution in [0.5, 0.6) is 0 Å². The van der Waals surface area contributed by atoms with Crippen LogP contribution in [-0.4, -0.2) is 11.6 Å². The fourth-order valence-corrected chi connectivity index (χ4v) is 2.04. The topological polar surface area (TPSA) is 26.3 Å². The Balaban J connectivity index is 3.47. The summed E-state index contributed by atoms with van der Waals surface area (Å²) in [6, 6.07) is 0. The minimum Gasteiger partial charge on any atom is -0.460 e. The first kappa shape index (κ1) is 16.5. The molecule has 0 aliphatic heterocycles. The molecule has 0 fully saturated rings. The molecule has 0 aliphatic rings. The molecule has 0 aliphatic carbocycles. The lowest BCUT2D eigenvalue weighted by Crippen LogP contribution is -2.26. The van der Waals surface area contributed by atoms with E-state index in [9.17, 15) is 4.79 Å². The van der Waals surface area contributed by atoms with Crippen LogP contribution in [0.15, 0.2) is 0 Å². The molecule has 0 saturated carbocycles. The van der Waals surface area contributed by atoms with Gasteiger partial charge in [0.2, 0.25) is 0 Å². The van der Waals surface area contributed by atoms with Crippen LogP contribution >= 0.6 is 0 Å². The van der Waals surface area contributed by atoms with Crippen molar-refractivity contribution >= 4 is 5.97 Å². The van der Waals surface area contributed by atoms with Crippen LogP contribution in [0, 0.1) is 5.92 Å². The van der Waals surface area contributed by atoms with Gasteiger partial charge < -0.3 is 4.74 Å². The molecule has 0 aromatic heterocycles. The molecule has 2 nitrogen and oxygen atoms in total. The second-order valence-corrected chi connectivity index (χ2v) is 5.82. The maximum absolute atomic E-state index is 10.9. The van der Waals surface area contributed by atoms with Gasteiger partial charge in [-0.15, -0.1) is 0 Å². The van der Waals surface area contributed by atoms with Crippen LogP contribution in [0.25, 0.3) is 0 Å². The van der Waals surface area contributed by atoms with Crippen molar-refractivity contribution < 1.29 is 9.53 Å².